The number of rotatable bonds is 1. The highest BCUT2D eigenvalue weighted by atomic mass is 16.3. The summed E-state index contributed by atoms with van der Waals surface area (Å²) in [7, 11) is 1.62. The van der Waals surface area contributed by atoms with Crippen LogP contribution in [0.1, 0.15) is 5.56 Å². The van der Waals surface area contributed by atoms with Crippen LogP contribution in [-0.2, 0) is 7.05 Å². The Balaban J connectivity index is 2.08. The average Bonchev–Trinajstić information content (AvgIpc) is 2.89. The molecule has 2 aromatic carbocycles. The van der Waals surface area contributed by atoms with Crippen molar-refractivity contribution in [1.82, 2.24) is 9.55 Å². The molecule has 6 heteroatoms. The van der Waals surface area contributed by atoms with Gasteiger partial charge in [-0.1, -0.05) is 0 Å². The molecule has 1 N–H and O–H groups in total. The summed E-state index contributed by atoms with van der Waals surface area (Å²) in [5, 5.41) is 9.29. The fourth-order valence-electron chi connectivity index (χ4n) is 2.79. The summed E-state index contributed by atoms with van der Waals surface area (Å²) < 4.78 is 7.37. The molecule has 0 radical (unpaired) electrons. The van der Waals surface area contributed by atoms with Crippen LogP contribution in [-0.4, -0.2) is 9.55 Å². The van der Waals surface area contributed by atoms with E-state index in [1.54, 1.807) is 43.4 Å². The summed E-state index contributed by atoms with van der Waals surface area (Å²) in [5.41, 5.74) is 2.26. The standard InChI is InChI=1S/C18H11N3O3/c1-21-16-13(20-18(21)23)7-6-12-14(22)8-15(24-17(12)16)11-4-2-10(9-19)3-5-11/h2-8H,1H3,(H,20,23). The molecule has 4 aromatic rings. The molecule has 0 atom stereocenters. The van der Waals surface area contributed by atoms with Crippen molar-refractivity contribution < 1.29 is 4.42 Å². The highest BCUT2D eigenvalue weighted by molar-refractivity contribution is 6.00. The van der Waals surface area contributed by atoms with Crippen molar-refractivity contribution in [2.75, 3.05) is 0 Å². The third-order valence-electron chi connectivity index (χ3n) is 4.05. The van der Waals surface area contributed by atoms with Crippen molar-refractivity contribution in [3.63, 3.8) is 0 Å². The first-order chi connectivity index (χ1) is 11.6. The van der Waals surface area contributed by atoms with Gasteiger partial charge in [0.2, 0.25) is 0 Å². The van der Waals surface area contributed by atoms with E-state index in [4.69, 9.17) is 9.68 Å². The maximum Gasteiger partial charge on any atom is 0.326 e. The number of imidazole rings is 1. The average molecular weight is 317 g/mol. The lowest BCUT2D eigenvalue weighted by Gasteiger charge is -2.05. The first-order valence-electron chi connectivity index (χ1n) is 7.24. The molecular weight excluding hydrogens is 306 g/mol. The molecule has 116 valence electrons. The molecule has 0 spiro atoms. The maximum atomic E-state index is 12.4. The van der Waals surface area contributed by atoms with E-state index in [1.165, 1.54) is 10.6 Å². The van der Waals surface area contributed by atoms with Crippen LogP contribution in [0.15, 0.2) is 56.5 Å². The SMILES string of the molecule is Cn1c(=O)[nH]c2ccc3c(=O)cc(-c4ccc(C#N)cc4)oc3c21. The number of nitrogens with one attached hydrogen (secondary N) is 1. The maximum absolute atomic E-state index is 12.4. The van der Waals surface area contributed by atoms with E-state index in [9.17, 15) is 9.59 Å². The van der Waals surface area contributed by atoms with E-state index >= 15 is 0 Å². The first-order valence-corrected chi connectivity index (χ1v) is 7.24. The minimum atomic E-state index is -0.274. The molecule has 0 bridgehead atoms. The first kappa shape index (κ1) is 14.0. The Morgan fingerprint density at radius 3 is 2.58 bits per heavy atom. The largest absolute Gasteiger partial charge is 0.454 e. The van der Waals surface area contributed by atoms with Gasteiger partial charge in [0.1, 0.15) is 11.3 Å². The number of hydrogen-bond acceptors (Lipinski definition) is 4. The molecule has 0 aliphatic rings. The lowest BCUT2D eigenvalue weighted by molar-refractivity contribution is 0.620. The van der Waals surface area contributed by atoms with E-state index in [1.807, 2.05) is 6.07 Å². The molecule has 0 unspecified atom stereocenters. The third-order valence-corrected chi connectivity index (χ3v) is 4.05. The van der Waals surface area contributed by atoms with E-state index in [0.717, 1.165) is 0 Å². The second kappa shape index (κ2) is 4.96. The minimum absolute atomic E-state index is 0.189. The summed E-state index contributed by atoms with van der Waals surface area (Å²) in [5.74, 6) is 0.387. The van der Waals surface area contributed by atoms with Gasteiger partial charge in [-0.05, 0) is 36.4 Å². The van der Waals surface area contributed by atoms with Gasteiger partial charge >= 0.3 is 5.69 Å². The molecule has 0 amide bonds. The summed E-state index contributed by atoms with van der Waals surface area (Å²) in [6.07, 6.45) is 0. The van der Waals surface area contributed by atoms with Crippen LogP contribution < -0.4 is 11.1 Å². The second-order valence-electron chi connectivity index (χ2n) is 5.49. The van der Waals surface area contributed by atoms with Gasteiger partial charge < -0.3 is 9.40 Å². The Morgan fingerprint density at radius 1 is 1.12 bits per heavy atom. The molecule has 0 aliphatic carbocycles. The number of nitrogens with zero attached hydrogens (tertiary/aromatic N) is 2. The number of aromatic nitrogens is 2. The summed E-state index contributed by atoms with van der Waals surface area (Å²) in [4.78, 5) is 27.0. The Morgan fingerprint density at radius 2 is 1.88 bits per heavy atom. The highest BCUT2D eigenvalue weighted by Gasteiger charge is 2.14. The van der Waals surface area contributed by atoms with Gasteiger partial charge in [-0.3, -0.25) is 9.36 Å². The van der Waals surface area contributed by atoms with E-state index in [-0.39, 0.29) is 11.1 Å². The van der Waals surface area contributed by atoms with Crippen LogP contribution >= 0.6 is 0 Å². The molecule has 0 saturated carbocycles. The molecular formula is C18H11N3O3. The van der Waals surface area contributed by atoms with Crippen molar-refractivity contribution in [3.8, 4) is 17.4 Å². The van der Waals surface area contributed by atoms with E-state index in [0.29, 0.717) is 38.9 Å². The van der Waals surface area contributed by atoms with Gasteiger partial charge in [0, 0.05) is 18.7 Å². The number of aryl methyl sites for hydroxylation is 1. The number of aromatic amines is 1. The monoisotopic (exact) mass is 317 g/mol. The van der Waals surface area contributed by atoms with Crippen LogP contribution in [0.25, 0.3) is 33.3 Å². The Bertz CT molecular complexity index is 1250. The Hall–Kier alpha value is -3.59. The van der Waals surface area contributed by atoms with Crippen LogP contribution in [0.5, 0.6) is 0 Å². The molecule has 0 aliphatic heterocycles. The molecule has 4 rings (SSSR count). The third kappa shape index (κ3) is 1.96. The molecule has 2 aromatic heterocycles. The van der Waals surface area contributed by atoms with Crippen molar-refractivity contribution in [2.45, 2.75) is 0 Å². The van der Waals surface area contributed by atoms with Gasteiger partial charge in [0.15, 0.2) is 11.0 Å². The van der Waals surface area contributed by atoms with Gasteiger partial charge in [-0.25, -0.2) is 4.79 Å². The molecule has 0 fully saturated rings. The zero-order valence-corrected chi connectivity index (χ0v) is 12.7. The zero-order valence-electron chi connectivity index (χ0n) is 12.7. The van der Waals surface area contributed by atoms with Crippen LogP contribution in [0.4, 0.5) is 0 Å². The lowest BCUT2D eigenvalue weighted by Crippen LogP contribution is -2.12. The van der Waals surface area contributed by atoms with E-state index in [2.05, 4.69) is 4.98 Å². The molecule has 24 heavy (non-hydrogen) atoms. The fraction of sp³-hybridized carbons (Fsp3) is 0.0556. The van der Waals surface area contributed by atoms with Crippen LogP contribution in [0.2, 0.25) is 0 Å². The van der Waals surface area contributed by atoms with Crippen molar-refractivity contribution >= 4 is 22.0 Å². The zero-order chi connectivity index (χ0) is 16.8. The minimum Gasteiger partial charge on any atom is -0.454 e. The lowest BCUT2D eigenvalue weighted by atomic mass is 10.1. The molecule has 0 saturated heterocycles. The van der Waals surface area contributed by atoms with Gasteiger partial charge in [-0.2, -0.15) is 5.26 Å². The number of fused-ring (bicyclic) bond motifs is 3. The van der Waals surface area contributed by atoms with E-state index < -0.39 is 0 Å². The summed E-state index contributed by atoms with van der Waals surface area (Å²) in [6, 6.07) is 13.6. The van der Waals surface area contributed by atoms with Gasteiger partial charge in [0.25, 0.3) is 0 Å². The second-order valence-corrected chi connectivity index (χ2v) is 5.49. The predicted octanol–water partition coefficient (Wildman–Crippen LogP) is 2.51. The normalized spacial score (nSPS) is 11.0. The quantitative estimate of drug-likeness (QED) is 0.584. The Labute approximate surface area is 135 Å². The number of nitriles is 1. The van der Waals surface area contributed by atoms with Crippen molar-refractivity contribution in [2.24, 2.45) is 7.05 Å². The summed E-state index contributed by atoms with van der Waals surface area (Å²) >= 11 is 0. The van der Waals surface area contributed by atoms with Gasteiger partial charge in [-0.15, -0.1) is 0 Å². The smallest absolute Gasteiger partial charge is 0.326 e. The number of H-pyrrole nitrogens is 1. The number of hydrogen-bond donors (Lipinski definition) is 1. The predicted molar refractivity (Wildman–Crippen MR) is 89.7 cm³/mol. The van der Waals surface area contributed by atoms with Crippen molar-refractivity contribution in [1.29, 1.82) is 5.26 Å². The highest BCUT2D eigenvalue weighted by Crippen LogP contribution is 2.26. The molecule has 6 nitrogen and oxygen atoms in total. The van der Waals surface area contributed by atoms with Crippen molar-refractivity contribution in [3.05, 3.63) is 68.7 Å². The molecule has 2 heterocycles. The van der Waals surface area contributed by atoms with Crippen LogP contribution in [0.3, 0.4) is 0 Å². The topological polar surface area (TPSA) is 91.8 Å². The fourth-order valence-corrected chi connectivity index (χ4v) is 2.79. The summed E-state index contributed by atoms with van der Waals surface area (Å²) in [6.45, 7) is 0. The number of benzene rings is 2. The van der Waals surface area contributed by atoms with Gasteiger partial charge in [0.05, 0.1) is 22.5 Å². The Kier molecular flexibility index (Phi) is 2.90. The van der Waals surface area contributed by atoms with Crippen LogP contribution in [0, 0.1) is 11.3 Å².